The standard InChI is InChI=1S/C18H32O15/c1-4-7(21)9(23)11(25)17(29-4)33-15-13(27)16(28)30-6(3-20)14(15)32-18-12(26)10(24)8(22)5(2-19)31-18/h4-28H,2-3H2,1H3/t4-,5+,6+,7-,8+,9+,10-,11+,12+,13+,14-,15+,16?,17-,18+/m0/s1. The third-order valence-corrected chi connectivity index (χ3v) is 6.05. The molecule has 0 aromatic carbocycles. The van der Waals surface area contributed by atoms with Gasteiger partial charge in [0.25, 0.3) is 0 Å². The van der Waals surface area contributed by atoms with E-state index in [1.165, 1.54) is 6.92 Å². The van der Waals surface area contributed by atoms with Crippen LogP contribution in [0.1, 0.15) is 6.92 Å². The largest absolute Gasteiger partial charge is 0.394 e. The number of ether oxygens (including phenoxy) is 5. The topological polar surface area (TPSA) is 248 Å². The molecule has 3 heterocycles. The highest BCUT2D eigenvalue weighted by atomic mass is 16.8. The SMILES string of the molecule is C[C@@H]1O[C@@H](O[C@H]2[C@@H](O[C@H]3O[C@H](CO)[C@@H](O)[C@H](O)[C@H]3O)[C@@H](CO)OC(O)[C@@H]2O)[C@H](O)[C@H](O)[C@H]1O. The van der Waals surface area contributed by atoms with Crippen LogP contribution in [-0.4, -0.2) is 156 Å². The van der Waals surface area contributed by atoms with E-state index in [2.05, 4.69) is 0 Å². The van der Waals surface area contributed by atoms with Crippen molar-refractivity contribution >= 4 is 0 Å². The van der Waals surface area contributed by atoms with E-state index in [-0.39, 0.29) is 0 Å². The highest BCUT2D eigenvalue weighted by Gasteiger charge is 2.53. The average molecular weight is 488 g/mol. The molecule has 0 aromatic rings. The molecule has 15 atom stereocenters. The quantitative estimate of drug-likeness (QED) is 0.167. The third kappa shape index (κ3) is 5.32. The predicted octanol–water partition coefficient (Wildman–Crippen LogP) is -6.55. The molecule has 194 valence electrons. The zero-order chi connectivity index (χ0) is 24.6. The first-order chi connectivity index (χ1) is 15.5. The number of aliphatic hydroxyl groups excluding tert-OH is 10. The minimum absolute atomic E-state index is 0.739. The molecule has 0 saturated carbocycles. The zero-order valence-corrected chi connectivity index (χ0v) is 17.6. The van der Waals surface area contributed by atoms with Crippen molar-refractivity contribution in [2.45, 2.75) is 99.0 Å². The van der Waals surface area contributed by atoms with Gasteiger partial charge in [0.05, 0.1) is 19.3 Å². The Morgan fingerprint density at radius 3 is 1.64 bits per heavy atom. The van der Waals surface area contributed by atoms with Crippen LogP contribution in [0.5, 0.6) is 0 Å². The molecule has 15 heteroatoms. The molecule has 10 N–H and O–H groups in total. The van der Waals surface area contributed by atoms with E-state index >= 15 is 0 Å². The van der Waals surface area contributed by atoms with Gasteiger partial charge in [-0.2, -0.15) is 0 Å². The molecular weight excluding hydrogens is 456 g/mol. The first-order valence-corrected chi connectivity index (χ1v) is 10.4. The molecule has 0 bridgehead atoms. The summed E-state index contributed by atoms with van der Waals surface area (Å²) in [5.41, 5.74) is 0. The summed E-state index contributed by atoms with van der Waals surface area (Å²) in [4.78, 5) is 0. The van der Waals surface area contributed by atoms with Gasteiger partial charge in [0, 0.05) is 0 Å². The minimum atomic E-state index is -1.88. The maximum absolute atomic E-state index is 10.5. The molecule has 0 radical (unpaired) electrons. The van der Waals surface area contributed by atoms with Crippen LogP contribution >= 0.6 is 0 Å². The third-order valence-electron chi connectivity index (χ3n) is 6.05. The van der Waals surface area contributed by atoms with Crippen molar-refractivity contribution in [2.75, 3.05) is 13.2 Å². The van der Waals surface area contributed by atoms with E-state index in [1.54, 1.807) is 0 Å². The summed E-state index contributed by atoms with van der Waals surface area (Å²) in [6, 6.07) is 0. The molecule has 3 aliphatic rings. The van der Waals surface area contributed by atoms with Gasteiger partial charge in [-0.25, -0.2) is 0 Å². The Morgan fingerprint density at radius 1 is 0.545 bits per heavy atom. The zero-order valence-electron chi connectivity index (χ0n) is 17.6. The Hall–Kier alpha value is -0.600. The number of hydrogen-bond acceptors (Lipinski definition) is 15. The second-order valence-electron chi connectivity index (χ2n) is 8.32. The van der Waals surface area contributed by atoms with Crippen molar-refractivity contribution in [3.63, 3.8) is 0 Å². The van der Waals surface area contributed by atoms with Crippen LogP contribution in [0.25, 0.3) is 0 Å². The molecule has 15 nitrogen and oxygen atoms in total. The Balaban J connectivity index is 1.83. The molecule has 3 aliphatic heterocycles. The number of hydrogen-bond donors (Lipinski definition) is 10. The van der Waals surface area contributed by atoms with Gasteiger partial charge in [-0.3, -0.25) is 0 Å². The molecule has 3 saturated heterocycles. The van der Waals surface area contributed by atoms with Crippen LogP contribution in [0.15, 0.2) is 0 Å². The van der Waals surface area contributed by atoms with Gasteiger partial charge in [0.1, 0.15) is 67.1 Å². The van der Waals surface area contributed by atoms with Crippen molar-refractivity contribution in [2.24, 2.45) is 0 Å². The summed E-state index contributed by atoms with van der Waals surface area (Å²) in [5.74, 6) is 0. The summed E-state index contributed by atoms with van der Waals surface area (Å²) >= 11 is 0. The summed E-state index contributed by atoms with van der Waals surface area (Å²) in [6.07, 6.45) is -24.0. The molecule has 3 rings (SSSR count). The second kappa shape index (κ2) is 11.0. The fourth-order valence-electron chi connectivity index (χ4n) is 3.99. The summed E-state index contributed by atoms with van der Waals surface area (Å²) in [5, 5.41) is 99.8. The molecule has 0 aliphatic carbocycles. The van der Waals surface area contributed by atoms with Crippen LogP contribution < -0.4 is 0 Å². The highest BCUT2D eigenvalue weighted by molar-refractivity contribution is 4.96. The molecule has 0 aromatic heterocycles. The summed E-state index contributed by atoms with van der Waals surface area (Å²) < 4.78 is 26.9. The lowest BCUT2D eigenvalue weighted by Gasteiger charge is -2.48. The van der Waals surface area contributed by atoms with E-state index in [0.717, 1.165) is 0 Å². The predicted molar refractivity (Wildman–Crippen MR) is 99.8 cm³/mol. The lowest BCUT2D eigenvalue weighted by atomic mass is 9.96. The highest BCUT2D eigenvalue weighted by Crippen LogP contribution is 2.32. The second-order valence-corrected chi connectivity index (χ2v) is 8.32. The Morgan fingerprint density at radius 2 is 1.06 bits per heavy atom. The van der Waals surface area contributed by atoms with Crippen LogP contribution in [0, 0.1) is 0 Å². The molecule has 1 unspecified atom stereocenters. The number of aliphatic hydroxyl groups is 10. The van der Waals surface area contributed by atoms with Crippen LogP contribution in [0.3, 0.4) is 0 Å². The van der Waals surface area contributed by atoms with Gasteiger partial charge in [-0.1, -0.05) is 0 Å². The van der Waals surface area contributed by atoms with Crippen molar-refractivity contribution in [1.82, 2.24) is 0 Å². The first-order valence-electron chi connectivity index (χ1n) is 10.4. The van der Waals surface area contributed by atoms with E-state index in [0.29, 0.717) is 0 Å². The Labute approximate surface area is 187 Å². The minimum Gasteiger partial charge on any atom is -0.394 e. The van der Waals surface area contributed by atoms with Crippen molar-refractivity contribution in [1.29, 1.82) is 0 Å². The smallest absolute Gasteiger partial charge is 0.187 e. The maximum Gasteiger partial charge on any atom is 0.187 e. The lowest BCUT2D eigenvalue weighted by molar-refractivity contribution is -0.382. The Kier molecular flexibility index (Phi) is 8.99. The normalized spacial score (nSPS) is 53.7. The van der Waals surface area contributed by atoms with Gasteiger partial charge >= 0.3 is 0 Å². The first kappa shape index (κ1) is 27.0. The van der Waals surface area contributed by atoms with Crippen molar-refractivity contribution < 1.29 is 74.7 Å². The number of rotatable bonds is 6. The molecule has 33 heavy (non-hydrogen) atoms. The van der Waals surface area contributed by atoms with Gasteiger partial charge in [-0.05, 0) is 6.92 Å². The van der Waals surface area contributed by atoms with E-state index in [4.69, 9.17) is 23.7 Å². The molecular formula is C18H32O15. The fourth-order valence-corrected chi connectivity index (χ4v) is 3.99. The van der Waals surface area contributed by atoms with Gasteiger partial charge in [0.15, 0.2) is 18.9 Å². The maximum atomic E-state index is 10.5. The monoisotopic (exact) mass is 488 g/mol. The van der Waals surface area contributed by atoms with Crippen LogP contribution in [0.2, 0.25) is 0 Å². The molecule has 0 amide bonds. The van der Waals surface area contributed by atoms with Gasteiger partial charge in [0.2, 0.25) is 0 Å². The molecule has 3 fully saturated rings. The fraction of sp³-hybridized carbons (Fsp3) is 1.00. The van der Waals surface area contributed by atoms with E-state index in [9.17, 15) is 51.1 Å². The Bertz CT molecular complexity index is 624. The molecule has 0 spiro atoms. The van der Waals surface area contributed by atoms with Crippen molar-refractivity contribution in [3.05, 3.63) is 0 Å². The van der Waals surface area contributed by atoms with Gasteiger partial charge in [-0.15, -0.1) is 0 Å². The van der Waals surface area contributed by atoms with E-state index < -0.39 is 105 Å². The van der Waals surface area contributed by atoms with Crippen LogP contribution in [-0.2, 0) is 23.7 Å². The summed E-state index contributed by atoms with van der Waals surface area (Å²) in [6.45, 7) is -0.127. The van der Waals surface area contributed by atoms with Crippen molar-refractivity contribution in [3.8, 4) is 0 Å². The van der Waals surface area contributed by atoms with E-state index in [1.807, 2.05) is 0 Å². The van der Waals surface area contributed by atoms with Gasteiger partial charge < -0.3 is 74.7 Å². The summed E-state index contributed by atoms with van der Waals surface area (Å²) in [7, 11) is 0. The average Bonchev–Trinajstić information content (AvgIpc) is 2.80. The van der Waals surface area contributed by atoms with Crippen LogP contribution in [0.4, 0.5) is 0 Å². The lowest BCUT2D eigenvalue weighted by Crippen LogP contribution is -2.66.